The minimum atomic E-state index is 0.371. The number of aryl methyl sites for hydroxylation is 1. The van der Waals surface area contributed by atoms with Crippen LogP contribution in [0.25, 0.3) is 0 Å². The Morgan fingerprint density at radius 1 is 1.15 bits per heavy atom. The Morgan fingerprint density at radius 2 is 1.80 bits per heavy atom. The van der Waals surface area contributed by atoms with Gasteiger partial charge in [-0.2, -0.15) is 4.98 Å². The maximum atomic E-state index is 5.73. The van der Waals surface area contributed by atoms with E-state index in [1.54, 1.807) is 0 Å². The van der Waals surface area contributed by atoms with Crippen molar-refractivity contribution in [3.63, 3.8) is 0 Å². The lowest BCUT2D eigenvalue weighted by molar-refractivity contribution is 0.217. The van der Waals surface area contributed by atoms with Gasteiger partial charge in [-0.3, -0.25) is 4.90 Å². The molecule has 0 aromatic carbocycles. The standard InChI is InChI=1S/C15H27N5/c1-12-11-13(18-14(16)17-12)20-9-7-19(8-10-20)6-5-15(2,3)4/h11H,5-10H2,1-4H3,(H2,16,17,18). The van der Waals surface area contributed by atoms with Gasteiger partial charge in [0.15, 0.2) is 0 Å². The molecule has 20 heavy (non-hydrogen) atoms. The number of piperazine rings is 1. The van der Waals surface area contributed by atoms with Crippen molar-refractivity contribution in [3.05, 3.63) is 11.8 Å². The fourth-order valence-corrected chi connectivity index (χ4v) is 2.43. The van der Waals surface area contributed by atoms with Crippen LogP contribution < -0.4 is 10.6 Å². The SMILES string of the molecule is Cc1cc(N2CCN(CCC(C)(C)C)CC2)nc(N)n1. The van der Waals surface area contributed by atoms with Crippen molar-refractivity contribution in [2.24, 2.45) is 5.41 Å². The minimum absolute atomic E-state index is 0.371. The molecule has 112 valence electrons. The maximum absolute atomic E-state index is 5.73. The van der Waals surface area contributed by atoms with Crippen molar-refractivity contribution in [1.82, 2.24) is 14.9 Å². The highest BCUT2D eigenvalue weighted by atomic mass is 15.3. The fourth-order valence-electron chi connectivity index (χ4n) is 2.43. The van der Waals surface area contributed by atoms with E-state index in [1.807, 2.05) is 13.0 Å². The second kappa shape index (κ2) is 5.95. The third-order valence-corrected chi connectivity index (χ3v) is 3.73. The normalized spacial score (nSPS) is 17.5. The van der Waals surface area contributed by atoms with Gasteiger partial charge >= 0.3 is 0 Å². The fraction of sp³-hybridized carbons (Fsp3) is 0.733. The molecule has 0 atom stereocenters. The monoisotopic (exact) mass is 277 g/mol. The lowest BCUT2D eigenvalue weighted by Gasteiger charge is -2.36. The molecule has 1 aromatic heterocycles. The molecule has 0 spiro atoms. The van der Waals surface area contributed by atoms with Crippen molar-refractivity contribution in [1.29, 1.82) is 0 Å². The van der Waals surface area contributed by atoms with Crippen LogP contribution in [-0.4, -0.2) is 47.6 Å². The van der Waals surface area contributed by atoms with Gasteiger partial charge in [0.25, 0.3) is 0 Å². The largest absolute Gasteiger partial charge is 0.368 e. The van der Waals surface area contributed by atoms with Gasteiger partial charge in [0.1, 0.15) is 5.82 Å². The Labute approximate surface area is 122 Å². The number of hydrogen-bond donors (Lipinski definition) is 1. The molecular weight excluding hydrogens is 250 g/mol. The van der Waals surface area contributed by atoms with E-state index in [0.29, 0.717) is 11.4 Å². The molecule has 0 amide bonds. The molecule has 1 fully saturated rings. The minimum Gasteiger partial charge on any atom is -0.368 e. The van der Waals surface area contributed by atoms with Crippen molar-refractivity contribution >= 4 is 11.8 Å². The molecule has 0 bridgehead atoms. The van der Waals surface area contributed by atoms with Crippen molar-refractivity contribution in [2.75, 3.05) is 43.4 Å². The Balaban J connectivity index is 1.88. The third-order valence-electron chi connectivity index (χ3n) is 3.73. The molecule has 2 heterocycles. The van der Waals surface area contributed by atoms with Crippen LogP contribution in [0.3, 0.4) is 0 Å². The van der Waals surface area contributed by atoms with Crippen molar-refractivity contribution in [2.45, 2.75) is 34.1 Å². The number of nitrogens with zero attached hydrogens (tertiary/aromatic N) is 4. The van der Waals surface area contributed by atoms with Crippen LogP contribution in [0.15, 0.2) is 6.07 Å². The molecule has 0 aliphatic carbocycles. The predicted octanol–water partition coefficient (Wildman–Crippen LogP) is 1.93. The number of rotatable bonds is 3. The van der Waals surface area contributed by atoms with Gasteiger partial charge in [0.2, 0.25) is 5.95 Å². The summed E-state index contributed by atoms with van der Waals surface area (Å²) in [6.07, 6.45) is 1.24. The first-order valence-corrected chi connectivity index (χ1v) is 7.42. The summed E-state index contributed by atoms with van der Waals surface area (Å²) >= 11 is 0. The van der Waals surface area contributed by atoms with E-state index in [4.69, 9.17) is 5.73 Å². The van der Waals surface area contributed by atoms with Gasteiger partial charge in [-0.1, -0.05) is 20.8 Å². The van der Waals surface area contributed by atoms with Crippen LogP contribution in [0, 0.1) is 12.3 Å². The molecule has 2 N–H and O–H groups in total. The average molecular weight is 277 g/mol. The van der Waals surface area contributed by atoms with Crippen LogP contribution in [0.4, 0.5) is 11.8 Å². The van der Waals surface area contributed by atoms with E-state index in [0.717, 1.165) is 37.7 Å². The number of nitrogen functional groups attached to an aromatic ring is 1. The number of nitrogens with two attached hydrogens (primary N) is 1. The van der Waals surface area contributed by atoms with Gasteiger partial charge in [-0.15, -0.1) is 0 Å². The summed E-state index contributed by atoms with van der Waals surface area (Å²) in [4.78, 5) is 13.3. The molecule has 2 rings (SSSR count). The van der Waals surface area contributed by atoms with Crippen molar-refractivity contribution < 1.29 is 0 Å². The number of hydrogen-bond acceptors (Lipinski definition) is 5. The first kappa shape index (κ1) is 15.0. The molecule has 1 aromatic rings. The lowest BCUT2D eigenvalue weighted by atomic mass is 9.92. The molecule has 1 saturated heterocycles. The van der Waals surface area contributed by atoms with E-state index in [-0.39, 0.29) is 0 Å². The van der Waals surface area contributed by atoms with Crippen LogP contribution in [0.5, 0.6) is 0 Å². The topological polar surface area (TPSA) is 58.3 Å². The zero-order valence-electron chi connectivity index (χ0n) is 13.2. The number of anilines is 2. The van der Waals surface area contributed by atoms with Gasteiger partial charge in [0, 0.05) is 37.9 Å². The Hall–Kier alpha value is -1.36. The maximum Gasteiger partial charge on any atom is 0.222 e. The summed E-state index contributed by atoms with van der Waals surface area (Å²) < 4.78 is 0. The van der Waals surface area contributed by atoms with Gasteiger partial charge < -0.3 is 10.6 Å². The zero-order valence-corrected chi connectivity index (χ0v) is 13.2. The highest BCUT2D eigenvalue weighted by Crippen LogP contribution is 2.20. The van der Waals surface area contributed by atoms with E-state index in [9.17, 15) is 0 Å². The Morgan fingerprint density at radius 3 is 2.35 bits per heavy atom. The van der Waals surface area contributed by atoms with Crippen LogP contribution in [0.1, 0.15) is 32.9 Å². The summed E-state index contributed by atoms with van der Waals surface area (Å²) in [7, 11) is 0. The summed E-state index contributed by atoms with van der Waals surface area (Å²) in [5.74, 6) is 1.33. The quantitative estimate of drug-likeness (QED) is 0.915. The second-order valence-electron chi connectivity index (χ2n) is 6.87. The van der Waals surface area contributed by atoms with E-state index >= 15 is 0 Å². The van der Waals surface area contributed by atoms with Crippen LogP contribution >= 0.6 is 0 Å². The van der Waals surface area contributed by atoms with Gasteiger partial charge in [-0.25, -0.2) is 4.98 Å². The van der Waals surface area contributed by atoms with E-state index in [2.05, 4.69) is 40.5 Å². The van der Waals surface area contributed by atoms with Crippen molar-refractivity contribution in [3.8, 4) is 0 Å². The predicted molar refractivity (Wildman–Crippen MR) is 83.9 cm³/mol. The summed E-state index contributed by atoms with van der Waals surface area (Å²) in [5.41, 5.74) is 7.07. The second-order valence-corrected chi connectivity index (χ2v) is 6.87. The number of aromatic nitrogens is 2. The molecule has 1 aliphatic heterocycles. The zero-order chi connectivity index (χ0) is 14.8. The third kappa shape index (κ3) is 4.34. The molecule has 1 aliphatic rings. The van der Waals surface area contributed by atoms with Crippen LogP contribution in [-0.2, 0) is 0 Å². The molecular formula is C15H27N5. The molecule has 5 nitrogen and oxygen atoms in total. The Kier molecular flexibility index (Phi) is 4.48. The summed E-state index contributed by atoms with van der Waals surface area (Å²) in [6, 6.07) is 2.02. The average Bonchev–Trinajstić information content (AvgIpc) is 2.35. The van der Waals surface area contributed by atoms with E-state index < -0.39 is 0 Å². The highest BCUT2D eigenvalue weighted by Gasteiger charge is 2.20. The van der Waals surface area contributed by atoms with E-state index in [1.165, 1.54) is 13.0 Å². The molecule has 0 unspecified atom stereocenters. The Bertz CT molecular complexity index is 424. The first-order valence-electron chi connectivity index (χ1n) is 7.42. The van der Waals surface area contributed by atoms with Gasteiger partial charge in [-0.05, 0) is 25.3 Å². The highest BCUT2D eigenvalue weighted by molar-refractivity contribution is 5.43. The molecule has 5 heteroatoms. The molecule has 0 radical (unpaired) electrons. The smallest absolute Gasteiger partial charge is 0.222 e. The molecule has 0 saturated carbocycles. The van der Waals surface area contributed by atoms with Gasteiger partial charge in [0.05, 0.1) is 0 Å². The summed E-state index contributed by atoms with van der Waals surface area (Å²) in [5, 5.41) is 0. The first-order chi connectivity index (χ1) is 9.33. The van der Waals surface area contributed by atoms with Crippen LogP contribution in [0.2, 0.25) is 0 Å². The summed E-state index contributed by atoms with van der Waals surface area (Å²) in [6.45, 7) is 14.3. The lowest BCUT2D eigenvalue weighted by Crippen LogP contribution is -2.47.